The molecule has 3 nitrogen and oxygen atoms in total. The summed E-state index contributed by atoms with van der Waals surface area (Å²) in [7, 11) is 0. The van der Waals surface area contributed by atoms with Gasteiger partial charge in [-0.05, 0) is 24.7 Å². The Kier molecular flexibility index (Phi) is 4.76. The minimum absolute atomic E-state index is 0.566. The highest BCUT2D eigenvalue weighted by Gasteiger charge is 2.14. The van der Waals surface area contributed by atoms with E-state index in [-0.39, 0.29) is 0 Å². The summed E-state index contributed by atoms with van der Waals surface area (Å²) in [5.74, 6) is 0. The van der Waals surface area contributed by atoms with Crippen molar-refractivity contribution in [1.29, 1.82) is 0 Å². The molecular formula is C14H13Cl2N3S2. The van der Waals surface area contributed by atoms with E-state index in [1.54, 1.807) is 23.1 Å². The lowest BCUT2D eigenvalue weighted by Gasteiger charge is -2.05. The van der Waals surface area contributed by atoms with Gasteiger partial charge in [0.1, 0.15) is 5.03 Å². The van der Waals surface area contributed by atoms with Crippen LogP contribution in [-0.4, -0.2) is 15.9 Å². The van der Waals surface area contributed by atoms with Crippen LogP contribution in [0.4, 0.5) is 0 Å². The smallest absolute Gasteiger partial charge is 0.194 e. The van der Waals surface area contributed by atoms with Gasteiger partial charge in [-0.1, -0.05) is 41.9 Å². The number of halogens is 2. The van der Waals surface area contributed by atoms with Gasteiger partial charge in [0.15, 0.2) is 4.96 Å². The largest absolute Gasteiger partial charge is 0.311 e. The lowest BCUT2D eigenvalue weighted by molar-refractivity contribution is 0.694. The molecule has 0 aliphatic heterocycles. The van der Waals surface area contributed by atoms with Crippen LogP contribution in [0.3, 0.4) is 0 Å². The molecular weight excluding hydrogens is 345 g/mol. The predicted molar refractivity (Wildman–Crippen MR) is 91.0 cm³/mol. The molecule has 0 spiro atoms. The molecule has 0 saturated heterocycles. The summed E-state index contributed by atoms with van der Waals surface area (Å²) in [5.41, 5.74) is 1.17. The van der Waals surface area contributed by atoms with E-state index in [4.69, 9.17) is 28.2 Å². The summed E-state index contributed by atoms with van der Waals surface area (Å²) in [6.45, 7) is 3.81. The lowest BCUT2D eigenvalue weighted by Crippen LogP contribution is -2.13. The van der Waals surface area contributed by atoms with Crippen LogP contribution in [0.1, 0.15) is 12.6 Å². The second-order valence-electron chi connectivity index (χ2n) is 4.38. The molecule has 1 N–H and O–H groups in total. The van der Waals surface area contributed by atoms with Gasteiger partial charge in [-0.25, -0.2) is 4.98 Å². The molecule has 2 heterocycles. The van der Waals surface area contributed by atoms with E-state index < -0.39 is 0 Å². The SMILES string of the molecule is CCNCc1c(Sc2ccc(Cl)c(Cl)c2)nc2sccn12. The summed E-state index contributed by atoms with van der Waals surface area (Å²) in [4.78, 5) is 6.74. The number of benzene rings is 1. The molecule has 0 fully saturated rings. The van der Waals surface area contributed by atoms with Gasteiger partial charge in [0.25, 0.3) is 0 Å². The summed E-state index contributed by atoms with van der Waals surface area (Å²) in [6.07, 6.45) is 2.05. The molecule has 110 valence electrons. The summed E-state index contributed by atoms with van der Waals surface area (Å²) >= 11 is 15.3. The average molecular weight is 358 g/mol. The molecule has 2 aromatic heterocycles. The standard InChI is InChI=1S/C14H13Cl2N3S2/c1-2-17-8-12-13(18-14-19(12)5-6-20-14)21-9-3-4-10(15)11(16)7-9/h3-7,17H,2,8H2,1H3. The maximum atomic E-state index is 6.08. The van der Waals surface area contributed by atoms with Crippen LogP contribution in [-0.2, 0) is 6.54 Å². The van der Waals surface area contributed by atoms with Crippen LogP contribution in [0.25, 0.3) is 4.96 Å². The van der Waals surface area contributed by atoms with Crippen LogP contribution in [0, 0.1) is 0 Å². The average Bonchev–Trinajstić information content (AvgIpc) is 3.02. The van der Waals surface area contributed by atoms with E-state index >= 15 is 0 Å². The molecule has 0 bridgehead atoms. The number of thiazole rings is 1. The monoisotopic (exact) mass is 357 g/mol. The molecule has 0 radical (unpaired) electrons. The van der Waals surface area contributed by atoms with E-state index in [9.17, 15) is 0 Å². The van der Waals surface area contributed by atoms with Crippen molar-refractivity contribution >= 4 is 51.3 Å². The van der Waals surface area contributed by atoms with Crippen molar-refractivity contribution in [1.82, 2.24) is 14.7 Å². The predicted octanol–water partition coefficient (Wildman–Crippen LogP) is 4.96. The van der Waals surface area contributed by atoms with Gasteiger partial charge in [-0.15, -0.1) is 11.3 Å². The quantitative estimate of drug-likeness (QED) is 0.699. The number of aromatic nitrogens is 2. The van der Waals surface area contributed by atoms with E-state index in [0.717, 1.165) is 28.0 Å². The number of nitrogens with one attached hydrogen (secondary N) is 1. The number of nitrogens with zero attached hydrogens (tertiary/aromatic N) is 2. The highest BCUT2D eigenvalue weighted by Crippen LogP contribution is 2.34. The Balaban J connectivity index is 1.94. The maximum absolute atomic E-state index is 6.08. The van der Waals surface area contributed by atoms with Crippen molar-refractivity contribution in [3.63, 3.8) is 0 Å². The number of hydrogen-bond acceptors (Lipinski definition) is 4. The van der Waals surface area contributed by atoms with Crippen LogP contribution < -0.4 is 5.32 Å². The molecule has 0 saturated carbocycles. The first-order valence-electron chi connectivity index (χ1n) is 6.47. The summed E-state index contributed by atoms with van der Waals surface area (Å²) < 4.78 is 2.13. The zero-order chi connectivity index (χ0) is 14.8. The molecule has 7 heteroatoms. The Bertz CT molecular complexity index is 767. The Labute approximate surface area is 141 Å². The summed E-state index contributed by atoms with van der Waals surface area (Å²) in [5, 5.41) is 7.55. The third kappa shape index (κ3) is 3.22. The van der Waals surface area contributed by atoms with Crippen molar-refractivity contribution in [2.45, 2.75) is 23.4 Å². The molecule has 0 unspecified atom stereocenters. The molecule has 0 atom stereocenters. The van der Waals surface area contributed by atoms with E-state index in [2.05, 4.69) is 22.8 Å². The highest BCUT2D eigenvalue weighted by atomic mass is 35.5. The fourth-order valence-electron chi connectivity index (χ4n) is 1.95. The van der Waals surface area contributed by atoms with Crippen LogP contribution in [0.15, 0.2) is 39.7 Å². The van der Waals surface area contributed by atoms with Crippen molar-refractivity contribution in [3.8, 4) is 0 Å². The first-order valence-corrected chi connectivity index (χ1v) is 8.92. The van der Waals surface area contributed by atoms with Crippen molar-refractivity contribution in [2.24, 2.45) is 0 Å². The molecule has 0 aliphatic rings. The Hall–Kier alpha value is -0.720. The van der Waals surface area contributed by atoms with Gasteiger partial charge in [-0.3, -0.25) is 4.40 Å². The molecule has 21 heavy (non-hydrogen) atoms. The normalized spacial score (nSPS) is 11.4. The van der Waals surface area contributed by atoms with E-state index in [1.807, 2.05) is 23.6 Å². The molecule has 3 aromatic rings. The molecule has 0 aliphatic carbocycles. The second-order valence-corrected chi connectivity index (χ2v) is 7.13. The Morgan fingerprint density at radius 1 is 1.33 bits per heavy atom. The fourth-order valence-corrected chi connectivity index (χ4v) is 4.06. The van der Waals surface area contributed by atoms with Crippen LogP contribution in [0.2, 0.25) is 10.0 Å². The van der Waals surface area contributed by atoms with E-state index in [0.29, 0.717) is 10.0 Å². The topological polar surface area (TPSA) is 29.3 Å². The summed E-state index contributed by atoms with van der Waals surface area (Å²) in [6, 6.07) is 5.65. The number of fused-ring (bicyclic) bond motifs is 1. The van der Waals surface area contributed by atoms with Gasteiger partial charge in [-0.2, -0.15) is 0 Å². The van der Waals surface area contributed by atoms with Gasteiger partial charge >= 0.3 is 0 Å². The Morgan fingerprint density at radius 3 is 2.95 bits per heavy atom. The lowest BCUT2D eigenvalue weighted by atomic mass is 10.4. The number of imidazole rings is 1. The number of rotatable bonds is 5. The third-order valence-corrected chi connectivity index (χ3v) is 5.48. The molecule has 0 amide bonds. The Morgan fingerprint density at radius 2 is 2.19 bits per heavy atom. The van der Waals surface area contributed by atoms with Crippen molar-refractivity contribution in [3.05, 3.63) is 45.5 Å². The maximum Gasteiger partial charge on any atom is 0.194 e. The second kappa shape index (κ2) is 6.58. The minimum atomic E-state index is 0.566. The fraction of sp³-hybridized carbons (Fsp3) is 0.214. The van der Waals surface area contributed by atoms with Gasteiger partial charge < -0.3 is 5.32 Å². The zero-order valence-electron chi connectivity index (χ0n) is 11.3. The minimum Gasteiger partial charge on any atom is -0.311 e. The first kappa shape index (κ1) is 15.2. The zero-order valence-corrected chi connectivity index (χ0v) is 14.4. The first-order chi connectivity index (χ1) is 10.2. The van der Waals surface area contributed by atoms with Gasteiger partial charge in [0.05, 0.1) is 15.7 Å². The van der Waals surface area contributed by atoms with Gasteiger partial charge in [0, 0.05) is 23.0 Å². The molecule has 1 aromatic carbocycles. The number of hydrogen-bond donors (Lipinski definition) is 1. The third-order valence-electron chi connectivity index (χ3n) is 2.97. The van der Waals surface area contributed by atoms with Crippen LogP contribution >= 0.6 is 46.3 Å². The highest BCUT2D eigenvalue weighted by molar-refractivity contribution is 7.99. The molecule has 3 rings (SSSR count). The van der Waals surface area contributed by atoms with Gasteiger partial charge in [0.2, 0.25) is 0 Å². The van der Waals surface area contributed by atoms with E-state index in [1.165, 1.54) is 5.69 Å². The van der Waals surface area contributed by atoms with Crippen molar-refractivity contribution in [2.75, 3.05) is 6.54 Å². The van der Waals surface area contributed by atoms with Crippen molar-refractivity contribution < 1.29 is 0 Å². The van der Waals surface area contributed by atoms with Crippen LogP contribution in [0.5, 0.6) is 0 Å².